The minimum atomic E-state index is -5.45. The van der Waals surface area contributed by atoms with E-state index in [-0.39, 0.29) is 21.8 Å². The highest BCUT2D eigenvalue weighted by Gasteiger charge is 2.49. The van der Waals surface area contributed by atoms with Crippen molar-refractivity contribution in [3.05, 3.63) is 29.7 Å². The zero-order chi connectivity index (χ0) is 28.2. The van der Waals surface area contributed by atoms with E-state index in [0.717, 1.165) is 20.0 Å². The third kappa shape index (κ3) is 5.36. The van der Waals surface area contributed by atoms with Crippen molar-refractivity contribution >= 4 is 11.7 Å². The van der Waals surface area contributed by atoms with Gasteiger partial charge in [-0.25, -0.2) is 14.3 Å². The van der Waals surface area contributed by atoms with Crippen LogP contribution in [-0.2, 0) is 9.47 Å². The molecule has 0 radical (unpaired) electrons. The molecule has 1 fully saturated rings. The van der Waals surface area contributed by atoms with Crippen molar-refractivity contribution < 1.29 is 44.7 Å². The van der Waals surface area contributed by atoms with E-state index in [9.17, 15) is 31.1 Å². The number of nitrogens with one attached hydrogen (secondary N) is 1. The molecule has 2 aromatic heterocycles. The number of amides is 2. The van der Waals surface area contributed by atoms with E-state index in [2.05, 4.69) is 10.1 Å². The Morgan fingerprint density at radius 1 is 1.32 bits per heavy atom. The van der Waals surface area contributed by atoms with E-state index in [0.29, 0.717) is 0 Å². The number of urea groups is 1. The van der Waals surface area contributed by atoms with Gasteiger partial charge in [-0.05, 0) is 19.9 Å². The first kappa shape index (κ1) is 21.9. The number of carbonyl (C=O) groups is 1. The minimum absolute atomic E-state index is 0.0139. The molecule has 1 aliphatic heterocycles. The molecule has 3 N–H and O–H groups in total. The molecule has 3 heterocycles. The van der Waals surface area contributed by atoms with Crippen LogP contribution in [0.4, 0.5) is 31.1 Å². The largest absolute Gasteiger partial charge is 0.416 e. The molecule has 190 valence electrons. The van der Waals surface area contributed by atoms with Gasteiger partial charge in [0.2, 0.25) is 0 Å². The van der Waals surface area contributed by atoms with Gasteiger partial charge in [-0.1, -0.05) is 0 Å². The number of aromatic nitrogens is 3. The Bertz CT molecular complexity index is 1160. The van der Waals surface area contributed by atoms with Crippen LogP contribution >= 0.6 is 0 Å². The van der Waals surface area contributed by atoms with Gasteiger partial charge in [-0.2, -0.15) is 31.4 Å². The van der Waals surface area contributed by atoms with Crippen molar-refractivity contribution in [3.8, 4) is 0 Å². The molecule has 0 bridgehead atoms. The Morgan fingerprint density at radius 2 is 2.00 bits per heavy atom. The Labute approximate surface area is 194 Å². The van der Waals surface area contributed by atoms with Crippen LogP contribution in [0.25, 0.3) is 5.65 Å². The Kier molecular flexibility index (Phi) is 5.90. The van der Waals surface area contributed by atoms with E-state index >= 15 is 0 Å². The van der Waals surface area contributed by atoms with Gasteiger partial charge in [0.05, 0.1) is 54.0 Å². The first-order chi connectivity index (χ1) is 16.8. The quantitative estimate of drug-likeness (QED) is 0.539. The molecule has 0 aliphatic carbocycles. The summed E-state index contributed by atoms with van der Waals surface area (Å²) in [5.74, 6) is 0. The number of halogens is 6. The third-order valence-electron chi connectivity index (χ3n) is 5.03. The predicted octanol–water partition coefficient (Wildman–Crippen LogP) is 2.73. The maximum atomic E-state index is 13.5. The summed E-state index contributed by atoms with van der Waals surface area (Å²) in [4.78, 5) is 16.9. The fraction of sp³-hybridized carbons (Fsp3) is 0.632. The fourth-order valence-electron chi connectivity index (χ4n) is 2.93. The highest BCUT2D eigenvalue weighted by molar-refractivity contribution is 5.77. The van der Waals surface area contributed by atoms with Gasteiger partial charge in [0, 0.05) is 12.7 Å². The van der Waals surface area contributed by atoms with E-state index in [1.165, 1.54) is 29.2 Å². The monoisotopic (exact) mass is 501 g/mol. The molecule has 34 heavy (non-hydrogen) atoms. The van der Waals surface area contributed by atoms with Crippen molar-refractivity contribution in [1.29, 1.82) is 0 Å². The smallest absolute Gasteiger partial charge is 0.382 e. The average Bonchev–Trinajstić information content (AvgIpc) is 3.26. The Hall–Kier alpha value is -2.65. The van der Waals surface area contributed by atoms with Crippen LogP contribution in [-0.4, -0.2) is 76.3 Å². The third-order valence-corrected chi connectivity index (χ3v) is 5.03. The second-order valence-electron chi connectivity index (χ2n) is 7.94. The van der Waals surface area contributed by atoms with Gasteiger partial charge in [-0.15, -0.1) is 0 Å². The zero-order valence-electron chi connectivity index (χ0n) is 21.2. The van der Waals surface area contributed by atoms with Crippen molar-refractivity contribution in [1.82, 2.24) is 24.8 Å². The highest BCUT2D eigenvalue weighted by Crippen LogP contribution is 2.34. The number of carbonyl (C=O) groups excluding carboxylic acids is 1. The maximum absolute atomic E-state index is 13.5. The van der Waals surface area contributed by atoms with Crippen LogP contribution in [0.1, 0.15) is 41.3 Å². The summed E-state index contributed by atoms with van der Waals surface area (Å²) in [6, 6.07) is -6.74. The molecule has 2 amide bonds. The normalized spacial score (nSPS) is 24.5. The summed E-state index contributed by atoms with van der Waals surface area (Å²) in [5.41, 5.74) is 3.60. The SMILES string of the molecule is [2H]C1([2H])N([C@H](COC)c2cnn3cc([C@@H](N)COC(C)(C)C(F)(F)F)nc3c2)C(=O)N[C@]1([2H])C(F)(F)F. The lowest BCUT2D eigenvalue weighted by molar-refractivity contribution is -0.264. The summed E-state index contributed by atoms with van der Waals surface area (Å²) < 4.78 is 114. The molecule has 0 aromatic carbocycles. The van der Waals surface area contributed by atoms with Gasteiger partial charge < -0.3 is 25.4 Å². The van der Waals surface area contributed by atoms with Crippen molar-refractivity contribution in [3.63, 3.8) is 0 Å². The Morgan fingerprint density at radius 3 is 2.56 bits per heavy atom. The van der Waals surface area contributed by atoms with Crippen LogP contribution in [0, 0.1) is 0 Å². The maximum Gasteiger partial charge on any atom is 0.416 e. The second-order valence-corrected chi connectivity index (χ2v) is 7.94. The summed E-state index contributed by atoms with van der Waals surface area (Å²) in [7, 11) is 1.18. The van der Waals surface area contributed by atoms with Crippen LogP contribution < -0.4 is 11.1 Å². The Balaban J connectivity index is 1.92. The number of ether oxygens (including phenoxy) is 2. The predicted molar refractivity (Wildman–Crippen MR) is 106 cm³/mol. The van der Waals surface area contributed by atoms with Gasteiger partial charge >= 0.3 is 18.4 Å². The number of alkyl halides is 6. The van der Waals surface area contributed by atoms with Crippen molar-refractivity contribution in [2.45, 2.75) is 49.9 Å². The lowest BCUT2D eigenvalue weighted by Gasteiger charge is -2.28. The summed E-state index contributed by atoms with van der Waals surface area (Å²) in [5, 5.41) is 5.40. The molecule has 1 aliphatic rings. The van der Waals surface area contributed by atoms with E-state index in [1.807, 2.05) is 0 Å². The molecule has 1 saturated heterocycles. The van der Waals surface area contributed by atoms with E-state index in [1.54, 1.807) is 0 Å². The second kappa shape index (κ2) is 9.19. The van der Waals surface area contributed by atoms with Gasteiger partial charge in [0.15, 0.2) is 11.2 Å². The topological polar surface area (TPSA) is 107 Å². The molecule has 3 rings (SSSR count). The lowest BCUT2D eigenvalue weighted by atomic mass is 10.1. The van der Waals surface area contributed by atoms with Crippen LogP contribution in [0.15, 0.2) is 18.5 Å². The number of fused-ring (bicyclic) bond motifs is 1. The fourth-order valence-corrected chi connectivity index (χ4v) is 2.93. The first-order valence-corrected chi connectivity index (χ1v) is 9.75. The number of imidazole rings is 1. The molecular formula is C19H24F6N6O3. The zero-order valence-corrected chi connectivity index (χ0v) is 18.2. The number of nitrogens with zero attached hydrogens (tertiary/aromatic N) is 4. The van der Waals surface area contributed by atoms with E-state index in [4.69, 9.17) is 19.3 Å². The number of rotatable bonds is 8. The highest BCUT2D eigenvalue weighted by atomic mass is 19.4. The molecule has 2 aromatic rings. The molecule has 0 saturated carbocycles. The minimum Gasteiger partial charge on any atom is -0.382 e. The summed E-state index contributed by atoms with van der Waals surface area (Å²) >= 11 is 0. The van der Waals surface area contributed by atoms with Crippen LogP contribution in [0.5, 0.6) is 0 Å². The van der Waals surface area contributed by atoms with Gasteiger partial charge in [0.25, 0.3) is 0 Å². The molecule has 15 heteroatoms. The van der Waals surface area contributed by atoms with Crippen molar-refractivity contribution in [2.24, 2.45) is 5.73 Å². The molecule has 9 nitrogen and oxygen atoms in total. The molecule has 0 unspecified atom stereocenters. The van der Waals surface area contributed by atoms with Gasteiger partial charge in [-0.3, -0.25) is 0 Å². The molecular weight excluding hydrogens is 474 g/mol. The number of hydrogen-bond donors (Lipinski definition) is 2. The number of hydrogen-bond acceptors (Lipinski definition) is 6. The number of nitrogens with two attached hydrogens (primary N) is 1. The van der Waals surface area contributed by atoms with Crippen LogP contribution in [0.3, 0.4) is 0 Å². The molecule has 0 spiro atoms. The standard InChI is InChI=1S/C19H24F6N6O3/c1-17(2,19(23,24)25)34-8-11(26)12-6-31-15(28-12)4-10(5-27-31)13(9-33-3)30-7-14(18(20,21)22)29-16(30)32/h4-6,11,13-14H,7-9,26H2,1-3H3,(H,29,32)/t11-,13+,14-/m0/s1/i7D2,14D. The summed E-state index contributed by atoms with van der Waals surface area (Å²) in [6.45, 7) is -2.89. The number of methoxy groups -OCH3 is 1. The van der Waals surface area contributed by atoms with Crippen molar-refractivity contribution in [2.75, 3.05) is 26.8 Å². The lowest BCUT2D eigenvalue weighted by Crippen LogP contribution is -2.43. The van der Waals surface area contributed by atoms with E-state index < -0.39 is 61.8 Å². The van der Waals surface area contributed by atoms with Crippen LogP contribution in [0.2, 0.25) is 0 Å². The molecule has 3 atom stereocenters. The first-order valence-electron chi connectivity index (χ1n) is 11.3. The average molecular weight is 501 g/mol. The van der Waals surface area contributed by atoms with Gasteiger partial charge in [0.1, 0.15) is 6.02 Å². The summed E-state index contributed by atoms with van der Waals surface area (Å²) in [6.07, 6.45) is -7.66.